The van der Waals surface area contributed by atoms with Gasteiger partial charge in [-0.3, -0.25) is 15.0 Å². The van der Waals surface area contributed by atoms with Crippen LogP contribution in [0, 0.1) is 17.7 Å². The summed E-state index contributed by atoms with van der Waals surface area (Å²) in [5.41, 5.74) is 4.32. The Morgan fingerprint density at radius 1 is 0.814 bits per heavy atom. The van der Waals surface area contributed by atoms with Crippen molar-refractivity contribution in [3.8, 4) is 0 Å². The van der Waals surface area contributed by atoms with Crippen molar-refractivity contribution >= 4 is 23.3 Å². The lowest BCUT2D eigenvalue weighted by Gasteiger charge is -2.45. The van der Waals surface area contributed by atoms with Gasteiger partial charge in [0.2, 0.25) is 0 Å². The molecule has 0 bridgehead atoms. The molecule has 0 amide bonds. The van der Waals surface area contributed by atoms with Crippen LogP contribution in [0.4, 0.5) is 10.1 Å². The summed E-state index contributed by atoms with van der Waals surface area (Å²) in [5.74, 6) is -5.02. The van der Waals surface area contributed by atoms with E-state index in [9.17, 15) is 19.1 Å². The summed E-state index contributed by atoms with van der Waals surface area (Å²) < 4.78 is 25.6. The lowest BCUT2D eigenvalue weighted by Crippen LogP contribution is -2.55. The second kappa shape index (κ2) is 13.4. The highest BCUT2D eigenvalue weighted by Gasteiger charge is 2.56. The third kappa shape index (κ3) is 7.34. The Balaban J connectivity index is 1.54. The van der Waals surface area contributed by atoms with Crippen LogP contribution in [0.2, 0.25) is 0 Å². The first kappa shape index (κ1) is 29.7. The maximum atomic E-state index is 14.1. The molecule has 1 aliphatic carbocycles. The van der Waals surface area contributed by atoms with Crippen molar-refractivity contribution in [3.05, 3.63) is 138 Å². The summed E-state index contributed by atoms with van der Waals surface area (Å²) in [7, 11) is 0. The molecule has 4 atom stereocenters. The Morgan fingerprint density at radius 3 is 1.88 bits per heavy atom. The van der Waals surface area contributed by atoms with Gasteiger partial charge in [0.1, 0.15) is 24.9 Å². The lowest BCUT2D eigenvalue weighted by atomic mass is 9.61. The third-order valence-corrected chi connectivity index (χ3v) is 7.60. The van der Waals surface area contributed by atoms with E-state index in [0.29, 0.717) is 17.0 Å². The molecule has 0 spiro atoms. The van der Waals surface area contributed by atoms with Gasteiger partial charge in [-0.05, 0) is 47.9 Å². The number of hydrogen-bond donors (Lipinski definition) is 2. The first-order valence-electron chi connectivity index (χ1n) is 14.1. The molecule has 0 aliphatic heterocycles. The molecule has 1 aliphatic rings. The third-order valence-electron chi connectivity index (χ3n) is 7.60. The minimum atomic E-state index is -1.67. The zero-order chi connectivity index (χ0) is 30.2. The van der Waals surface area contributed by atoms with Crippen molar-refractivity contribution in [2.45, 2.75) is 38.1 Å². The van der Waals surface area contributed by atoms with Crippen LogP contribution in [0.1, 0.15) is 36.0 Å². The summed E-state index contributed by atoms with van der Waals surface area (Å²) in [6.07, 6.45) is -0.110. The van der Waals surface area contributed by atoms with Crippen molar-refractivity contribution in [2.24, 2.45) is 16.9 Å². The zero-order valence-corrected chi connectivity index (χ0v) is 23.7. The lowest BCUT2D eigenvalue weighted by molar-refractivity contribution is -0.165. The molecule has 4 aromatic rings. The molecule has 220 valence electrons. The Morgan fingerprint density at radius 2 is 1.33 bits per heavy atom. The summed E-state index contributed by atoms with van der Waals surface area (Å²) >= 11 is 0. The maximum Gasteiger partial charge on any atom is 0.315 e. The number of ether oxygens (including phenoxy) is 2. The minimum Gasteiger partial charge on any atom is -0.461 e. The fourth-order valence-corrected chi connectivity index (χ4v) is 5.52. The minimum absolute atomic E-state index is 0.00518. The van der Waals surface area contributed by atoms with Crippen molar-refractivity contribution in [1.82, 2.24) is 0 Å². The number of aliphatic hydroxyl groups is 1. The number of hydrogen-bond acceptors (Lipinski definition) is 7. The fraction of sp³-hybridized carbons (Fsp3) is 0.229. The summed E-state index contributed by atoms with van der Waals surface area (Å²) in [5, 5.41) is 16.4. The SMILES string of the molecule is C[C@]1(O)C/C(=N\Nc2ccccc2)[C@H](C(=O)OCc2ccccc2)[C@@H](c2ccc(F)cc2)[C@@H]1C(=O)OCc1ccccc1. The van der Waals surface area contributed by atoms with Gasteiger partial charge in [-0.25, -0.2) is 4.39 Å². The molecule has 2 N–H and O–H groups in total. The number of para-hydroxylation sites is 1. The molecule has 4 aromatic carbocycles. The first-order chi connectivity index (χ1) is 20.8. The number of carbonyl (C=O) groups is 2. The van der Waals surface area contributed by atoms with Crippen LogP contribution in [0.25, 0.3) is 0 Å². The van der Waals surface area contributed by atoms with Gasteiger partial charge in [-0.15, -0.1) is 0 Å². The molecule has 0 aromatic heterocycles. The Hall–Kier alpha value is -4.82. The molecule has 8 heteroatoms. The molecule has 0 saturated heterocycles. The van der Waals surface area contributed by atoms with Gasteiger partial charge >= 0.3 is 11.9 Å². The van der Waals surface area contributed by atoms with Gasteiger partial charge in [0.25, 0.3) is 0 Å². The molecule has 5 rings (SSSR count). The summed E-state index contributed by atoms with van der Waals surface area (Å²) in [4.78, 5) is 27.8. The van der Waals surface area contributed by atoms with E-state index in [1.54, 1.807) is 0 Å². The quantitative estimate of drug-likeness (QED) is 0.179. The van der Waals surface area contributed by atoms with Gasteiger partial charge in [-0.2, -0.15) is 5.10 Å². The molecule has 1 saturated carbocycles. The van der Waals surface area contributed by atoms with E-state index in [2.05, 4.69) is 10.5 Å². The average Bonchev–Trinajstić information content (AvgIpc) is 3.02. The molecule has 7 nitrogen and oxygen atoms in total. The number of hydrazone groups is 1. The van der Waals surface area contributed by atoms with Crippen LogP contribution in [0.3, 0.4) is 0 Å². The van der Waals surface area contributed by atoms with Crippen LogP contribution < -0.4 is 5.43 Å². The number of anilines is 1. The standard InChI is InChI=1S/C35H33FN2O5/c1-35(41)21-29(38-37-28-15-9-4-10-16-28)31(33(39)42-22-24-11-5-2-6-12-24)30(26-17-19-27(36)20-18-26)32(35)34(40)43-23-25-13-7-3-8-14-25/h2-20,30-32,37,41H,21-23H2,1H3/b38-29+/t30-,31+,32-,35+/m1/s1. The van der Waals surface area contributed by atoms with Crippen LogP contribution in [0.5, 0.6) is 0 Å². The summed E-state index contributed by atoms with van der Waals surface area (Å²) in [6, 6.07) is 33.1. The normalized spacial score (nSPS) is 22.5. The van der Waals surface area contributed by atoms with Crippen LogP contribution in [-0.4, -0.2) is 28.4 Å². The van der Waals surface area contributed by atoms with E-state index in [1.165, 1.54) is 31.2 Å². The molecule has 1 fully saturated rings. The Labute approximate surface area is 250 Å². The molecule has 0 heterocycles. The van der Waals surface area contributed by atoms with Crippen molar-refractivity contribution in [3.63, 3.8) is 0 Å². The number of nitrogens with one attached hydrogen (secondary N) is 1. The number of carbonyl (C=O) groups excluding carboxylic acids is 2. The van der Waals surface area contributed by atoms with Gasteiger partial charge in [0.05, 0.1) is 22.9 Å². The first-order valence-corrected chi connectivity index (χ1v) is 14.1. The van der Waals surface area contributed by atoms with Gasteiger partial charge in [0.15, 0.2) is 0 Å². The van der Waals surface area contributed by atoms with E-state index in [4.69, 9.17) is 9.47 Å². The highest BCUT2D eigenvalue weighted by Crippen LogP contribution is 2.47. The largest absolute Gasteiger partial charge is 0.461 e. The Bertz CT molecular complexity index is 1540. The maximum absolute atomic E-state index is 14.1. The van der Waals surface area contributed by atoms with E-state index in [-0.39, 0.29) is 19.6 Å². The fourth-order valence-electron chi connectivity index (χ4n) is 5.52. The smallest absolute Gasteiger partial charge is 0.315 e. The predicted molar refractivity (Wildman–Crippen MR) is 161 cm³/mol. The molecule has 43 heavy (non-hydrogen) atoms. The Kier molecular flexibility index (Phi) is 9.27. The number of rotatable bonds is 9. The highest BCUT2D eigenvalue weighted by atomic mass is 19.1. The number of esters is 2. The monoisotopic (exact) mass is 580 g/mol. The number of halogens is 1. The second-order valence-corrected chi connectivity index (χ2v) is 10.8. The summed E-state index contributed by atoms with van der Waals surface area (Å²) in [6.45, 7) is 1.52. The van der Waals surface area contributed by atoms with E-state index in [0.717, 1.165) is 11.1 Å². The average molecular weight is 581 g/mol. The van der Waals surface area contributed by atoms with Gasteiger partial charge in [-0.1, -0.05) is 91.0 Å². The van der Waals surface area contributed by atoms with Crippen LogP contribution in [-0.2, 0) is 32.3 Å². The molecular formula is C35H33FN2O5. The van der Waals surface area contributed by atoms with Crippen LogP contribution in [0.15, 0.2) is 120 Å². The van der Waals surface area contributed by atoms with Crippen molar-refractivity contribution in [1.29, 1.82) is 0 Å². The van der Waals surface area contributed by atoms with Gasteiger partial charge in [0, 0.05) is 12.3 Å². The van der Waals surface area contributed by atoms with Crippen molar-refractivity contribution < 1.29 is 28.6 Å². The highest BCUT2D eigenvalue weighted by molar-refractivity contribution is 6.06. The number of nitrogens with zero attached hydrogens (tertiary/aromatic N) is 1. The molecular weight excluding hydrogens is 547 g/mol. The van der Waals surface area contributed by atoms with E-state index < -0.39 is 41.1 Å². The van der Waals surface area contributed by atoms with Crippen molar-refractivity contribution in [2.75, 3.05) is 5.43 Å². The van der Waals surface area contributed by atoms with Gasteiger partial charge < -0.3 is 14.6 Å². The predicted octanol–water partition coefficient (Wildman–Crippen LogP) is 6.25. The molecule has 0 unspecified atom stereocenters. The molecule has 0 radical (unpaired) electrons. The zero-order valence-electron chi connectivity index (χ0n) is 23.7. The van der Waals surface area contributed by atoms with Crippen LogP contribution >= 0.6 is 0 Å². The topological polar surface area (TPSA) is 97.2 Å². The van der Waals surface area contributed by atoms with E-state index in [1.807, 2.05) is 91.0 Å². The number of benzene rings is 4. The second-order valence-electron chi connectivity index (χ2n) is 10.8. The van der Waals surface area contributed by atoms with E-state index >= 15 is 0 Å².